The number of nitrogens with zero attached hydrogens (tertiary/aromatic N) is 1. The molecular weight excluding hydrogens is 464 g/mol. The van der Waals surface area contributed by atoms with E-state index in [1.54, 1.807) is 0 Å². The Morgan fingerprint density at radius 1 is 1.21 bits per heavy atom. The molecule has 0 aliphatic heterocycles. The molecule has 2 rings (SSSR count). The highest BCUT2D eigenvalue weighted by molar-refractivity contribution is 7.84. The van der Waals surface area contributed by atoms with E-state index in [1.807, 2.05) is 42.5 Å². The highest BCUT2D eigenvalue weighted by Gasteiger charge is 2.22. The molecule has 33 heavy (non-hydrogen) atoms. The molecule has 0 radical (unpaired) electrons. The molecule has 180 valence electrons. The van der Waals surface area contributed by atoms with Crippen LogP contribution in [0.15, 0.2) is 42.5 Å². The summed E-state index contributed by atoms with van der Waals surface area (Å²) in [6.45, 7) is 0.0677. The molecule has 0 aliphatic rings. The molecule has 4 N–H and O–H groups in total. The molecule has 1 aromatic heterocycles. The lowest BCUT2D eigenvalue weighted by molar-refractivity contribution is -0.145. The number of amides is 1. The summed E-state index contributed by atoms with van der Waals surface area (Å²) in [5, 5.41) is 5.73. The Balaban J connectivity index is 2.14. The van der Waals surface area contributed by atoms with Crippen LogP contribution in [0.4, 0.5) is 5.69 Å². The third-order valence-corrected chi connectivity index (χ3v) is 5.85. The Bertz CT molecular complexity index is 946. The van der Waals surface area contributed by atoms with Gasteiger partial charge >= 0.3 is 5.97 Å². The van der Waals surface area contributed by atoms with Crippen LogP contribution in [0, 0.1) is 0 Å². The van der Waals surface area contributed by atoms with Crippen LogP contribution in [0.2, 0.25) is 0 Å². The van der Waals surface area contributed by atoms with Crippen molar-refractivity contribution in [3.63, 3.8) is 0 Å². The number of anilines is 1. The van der Waals surface area contributed by atoms with Gasteiger partial charge in [0.2, 0.25) is 5.88 Å². The molecule has 1 heterocycles. The summed E-state index contributed by atoms with van der Waals surface area (Å²) in [5.41, 5.74) is 8.07. The van der Waals surface area contributed by atoms with Crippen LogP contribution in [0.3, 0.4) is 0 Å². The summed E-state index contributed by atoms with van der Waals surface area (Å²) in [6, 6.07) is 12.1. The van der Waals surface area contributed by atoms with Gasteiger partial charge in [-0.05, 0) is 18.6 Å². The Morgan fingerprint density at radius 2 is 1.94 bits per heavy atom. The molecule has 0 saturated carbocycles. The van der Waals surface area contributed by atoms with E-state index in [2.05, 4.69) is 28.2 Å². The maximum Gasteiger partial charge on any atom is 0.328 e. The molecule has 3 atom stereocenters. The third kappa shape index (κ3) is 9.03. The van der Waals surface area contributed by atoms with E-state index in [9.17, 15) is 13.8 Å². The van der Waals surface area contributed by atoms with Crippen LogP contribution in [-0.4, -0.2) is 71.2 Å². The quantitative estimate of drug-likeness (QED) is 0.241. The van der Waals surface area contributed by atoms with Crippen molar-refractivity contribution in [1.29, 1.82) is 0 Å². The van der Waals surface area contributed by atoms with Gasteiger partial charge in [-0.3, -0.25) is 9.00 Å². The molecule has 0 fully saturated rings. The second-order valence-electron chi connectivity index (χ2n) is 7.24. The minimum Gasteiger partial charge on any atom is -0.467 e. The first-order valence-electron chi connectivity index (χ1n) is 10.3. The number of nitrogens with two attached hydrogens (primary N) is 1. The van der Waals surface area contributed by atoms with Crippen molar-refractivity contribution >= 4 is 41.0 Å². The molecule has 0 spiro atoms. The minimum atomic E-state index is -1.11. The fourth-order valence-electron chi connectivity index (χ4n) is 2.81. The Morgan fingerprint density at radius 3 is 2.58 bits per heavy atom. The summed E-state index contributed by atoms with van der Waals surface area (Å²) >= 11 is 4.18. The van der Waals surface area contributed by atoms with Crippen molar-refractivity contribution in [3.8, 4) is 17.1 Å². The number of hydrogen-bond acceptors (Lipinski definition) is 9. The molecular formula is C22H30N4O5S2. The van der Waals surface area contributed by atoms with Crippen LogP contribution >= 0.6 is 12.6 Å². The standard InChI is InChI=1S/C22H30N4O5S2/c1-30-22(28)19(10-11-33(2)29)25-20(27)13-31-21-18(24-12-16(23)14-32)9-8-17(26-21)15-6-4-3-5-7-15/h3-9,16,19,24,32H,10-14,23H2,1-2H3,(H,25,27)/t16?,19-,33?/m0/s1. The lowest BCUT2D eigenvalue weighted by atomic mass is 10.1. The summed E-state index contributed by atoms with van der Waals surface area (Å²) in [7, 11) is 0.121. The highest BCUT2D eigenvalue weighted by Crippen LogP contribution is 2.27. The Hall–Kier alpha value is -2.63. The highest BCUT2D eigenvalue weighted by atomic mass is 32.2. The van der Waals surface area contributed by atoms with Gasteiger partial charge < -0.3 is 25.8 Å². The monoisotopic (exact) mass is 494 g/mol. The average Bonchev–Trinajstić information content (AvgIpc) is 2.83. The second kappa shape index (κ2) is 13.8. The number of pyridine rings is 1. The topological polar surface area (TPSA) is 133 Å². The first-order valence-corrected chi connectivity index (χ1v) is 12.7. The zero-order valence-corrected chi connectivity index (χ0v) is 20.4. The van der Waals surface area contributed by atoms with E-state index in [4.69, 9.17) is 15.2 Å². The lowest BCUT2D eigenvalue weighted by Crippen LogP contribution is -2.44. The summed E-state index contributed by atoms with van der Waals surface area (Å²) < 4.78 is 21.8. The van der Waals surface area contributed by atoms with Crippen molar-refractivity contribution in [2.45, 2.75) is 18.5 Å². The summed E-state index contributed by atoms with van der Waals surface area (Å²) in [6.07, 6.45) is 1.72. The fraction of sp³-hybridized carbons (Fsp3) is 0.409. The Kier molecular flexibility index (Phi) is 11.1. The molecule has 2 unspecified atom stereocenters. The predicted molar refractivity (Wildman–Crippen MR) is 133 cm³/mol. The van der Waals surface area contributed by atoms with Crippen LogP contribution in [0.25, 0.3) is 11.3 Å². The van der Waals surface area contributed by atoms with Gasteiger partial charge in [0.1, 0.15) is 6.04 Å². The van der Waals surface area contributed by atoms with Crippen LogP contribution < -0.4 is 21.1 Å². The molecule has 1 aromatic carbocycles. The first kappa shape index (κ1) is 26.6. The summed E-state index contributed by atoms with van der Waals surface area (Å²) in [5.74, 6) is -0.167. The number of rotatable bonds is 13. The molecule has 9 nitrogen and oxygen atoms in total. The number of aromatic nitrogens is 1. The maximum atomic E-state index is 12.5. The lowest BCUT2D eigenvalue weighted by Gasteiger charge is -2.18. The zero-order valence-electron chi connectivity index (χ0n) is 18.7. The number of ether oxygens (including phenoxy) is 2. The van der Waals surface area contributed by atoms with Crippen molar-refractivity contribution in [1.82, 2.24) is 10.3 Å². The van der Waals surface area contributed by atoms with E-state index >= 15 is 0 Å². The number of hydrogen-bond donors (Lipinski definition) is 4. The van der Waals surface area contributed by atoms with Crippen molar-refractivity contribution in [2.75, 3.05) is 43.3 Å². The SMILES string of the molecule is COC(=O)[C@H](CCS(C)=O)NC(=O)COc1nc(-c2ccccc2)ccc1NCC(N)CS. The average molecular weight is 495 g/mol. The van der Waals surface area contributed by atoms with Crippen molar-refractivity contribution in [3.05, 3.63) is 42.5 Å². The predicted octanol–water partition coefficient (Wildman–Crippen LogP) is 1.22. The van der Waals surface area contributed by atoms with Crippen LogP contribution in [0.1, 0.15) is 6.42 Å². The van der Waals surface area contributed by atoms with Gasteiger partial charge in [0.05, 0.1) is 18.5 Å². The van der Waals surface area contributed by atoms with E-state index < -0.39 is 28.7 Å². The number of thiol groups is 1. The van der Waals surface area contributed by atoms with Gasteiger partial charge in [0.15, 0.2) is 6.61 Å². The number of methoxy groups -OCH3 is 1. The second-order valence-corrected chi connectivity index (χ2v) is 9.16. The van der Waals surface area contributed by atoms with E-state index in [0.717, 1.165) is 5.56 Å². The number of benzene rings is 1. The van der Waals surface area contributed by atoms with Gasteiger partial charge in [-0.2, -0.15) is 12.6 Å². The third-order valence-electron chi connectivity index (χ3n) is 4.57. The Labute approximate surface area is 201 Å². The van der Waals surface area contributed by atoms with E-state index in [0.29, 0.717) is 23.7 Å². The zero-order chi connectivity index (χ0) is 24.2. The minimum absolute atomic E-state index is 0.178. The van der Waals surface area contributed by atoms with Crippen molar-refractivity contribution in [2.24, 2.45) is 5.73 Å². The van der Waals surface area contributed by atoms with Gasteiger partial charge in [0.25, 0.3) is 5.91 Å². The van der Waals surface area contributed by atoms with Crippen molar-refractivity contribution < 1.29 is 23.3 Å². The number of esters is 1. The smallest absolute Gasteiger partial charge is 0.328 e. The molecule has 11 heteroatoms. The number of carbonyl (C=O) groups is 2. The number of nitrogens with one attached hydrogen (secondary N) is 2. The van der Waals surface area contributed by atoms with E-state index in [1.165, 1.54) is 13.4 Å². The van der Waals surface area contributed by atoms with Gasteiger partial charge in [-0.25, -0.2) is 9.78 Å². The fourth-order valence-corrected chi connectivity index (χ4v) is 3.50. The first-order chi connectivity index (χ1) is 15.8. The van der Waals surface area contributed by atoms with Gasteiger partial charge in [-0.1, -0.05) is 30.3 Å². The maximum absolute atomic E-state index is 12.5. The number of carbonyl (C=O) groups excluding carboxylic acids is 2. The molecule has 0 saturated heterocycles. The van der Waals surface area contributed by atoms with Crippen LogP contribution in [0.5, 0.6) is 5.88 Å². The summed E-state index contributed by atoms with van der Waals surface area (Å²) in [4.78, 5) is 29.0. The molecule has 1 amide bonds. The van der Waals surface area contributed by atoms with Crippen LogP contribution in [-0.2, 0) is 25.1 Å². The largest absolute Gasteiger partial charge is 0.467 e. The molecule has 2 aromatic rings. The molecule has 0 bridgehead atoms. The van der Waals surface area contributed by atoms with Gasteiger partial charge in [-0.15, -0.1) is 0 Å². The normalized spacial score (nSPS) is 13.5. The van der Waals surface area contributed by atoms with E-state index in [-0.39, 0.29) is 30.7 Å². The molecule has 0 aliphatic carbocycles. The van der Waals surface area contributed by atoms with Gasteiger partial charge in [0, 0.05) is 46.7 Å².